The number of hydrogen-bond donors (Lipinski definition) is 1. The summed E-state index contributed by atoms with van der Waals surface area (Å²) in [6.45, 7) is 1.90. The van der Waals surface area contributed by atoms with Gasteiger partial charge < -0.3 is 9.72 Å². The summed E-state index contributed by atoms with van der Waals surface area (Å²) in [6, 6.07) is 8.93. The number of carbonyl (C=O) groups is 1. The summed E-state index contributed by atoms with van der Waals surface area (Å²) in [7, 11) is 0. The quantitative estimate of drug-likeness (QED) is 0.783. The van der Waals surface area contributed by atoms with Gasteiger partial charge in [0.1, 0.15) is 5.65 Å². The van der Waals surface area contributed by atoms with Crippen molar-refractivity contribution in [2.24, 2.45) is 0 Å². The molecule has 0 radical (unpaired) electrons. The van der Waals surface area contributed by atoms with Crippen molar-refractivity contribution in [2.45, 2.75) is 6.92 Å². The lowest BCUT2D eigenvalue weighted by Crippen LogP contribution is -2.13. The van der Waals surface area contributed by atoms with Crippen LogP contribution in [0.25, 0.3) is 5.65 Å². The Hall–Kier alpha value is -2.33. The summed E-state index contributed by atoms with van der Waals surface area (Å²) in [5.74, 6) is -0.161. The van der Waals surface area contributed by atoms with Gasteiger partial charge in [-0.25, -0.2) is 4.98 Å². The number of carbonyl (C=O) groups excluding carboxylic acids is 1. The molecule has 0 aliphatic rings. The second-order valence-corrected chi connectivity index (χ2v) is 4.96. The molecule has 1 aromatic carbocycles. The molecule has 5 heteroatoms. The highest BCUT2D eigenvalue weighted by atomic mass is 35.5. The Morgan fingerprint density at radius 3 is 2.95 bits per heavy atom. The largest absolute Gasteiger partial charge is 0.322 e. The number of anilines is 1. The molecule has 0 saturated carbocycles. The molecule has 0 atom stereocenters. The number of amides is 1. The fourth-order valence-corrected chi connectivity index (χ4v) is 2.24. The summed E-state index contributed by atoms with van der Waals surface area (Å²) in [5.41, 5.74) is 3.06. The fourth-order valence-electron chi connectivity index (χ4n) is 2.02. The summed E-state index contributed by atoms with van der Waals surface area (Å²) in [6.07, 6.45) is 5.25. The van der Waals surface area contributed by atoms with Crippen molar-refractivity contribution < 1.29 is 4.79 Å². The number of nitrogens with zero attached hydrogens (tertiary/aromatic N) is 2. The number of halogens is 1. The lowest BCUT2D eigenvalue weighted by molar-refractivity contribution is 0.102. The number of aromatic nitrogens is 2. The molecule has 0 aliphatic carbocycles. The Kier molecular flexibility index (Phi) is 3.16. The van der Waals surface area contributed by atoms with Crippen molar-refractivity contribution in [1.29, 1.82) is 0 Å². The molecule has 0 unspecified atom stereocenters. The van der Waals surface area contributed by atoms with Crippen LogP contribution in [0.15, 0.2) is 48.9 Å². The number of pyridine rings is 1. The summed E-state index contributed by atoms with van der Waals surface area (Å²) < 4.78 is 1.81. The van der Waals surface area contributed by atoms with E-state index in [0.29, 0.717) is 10.6 Å². The van der Waals surface area contributed by atoms with E-state index in [-0.39, 0.29) is 5.91 Å². The number of nitrogens with one attached hydrogen (secondary N) is 1. The van der Waals surface area contributed by atoms with Crippen LogP contribution < -0.4 is 5.32 Å². The fraction of sp³-hybridized carbons (Fsp3) is 0.0667. The molecule has 0 aliphatic heterocycles. The summed E-state index contributed by atoms with van der Waals surface area (Å²) in [4.78, 5) is 16.4. The molecule has 1 amide bonds. The second kappa shape index (κ2) is 4.98. The van der Waals surface area contributed by atoms with Crippen LogP contribution >= 0.6 is 11.6 Å². The molecule has 0 bridgehead atoms. The minimum atomic E-state index is -0.161. The first-order valence-electron chi connectivity index (χ1n) is 6.14. The van der Waals surface area contributed by atoms with Gasteiger partial charge in [0.25, 0.3) is 5.91 Å². The standard InChI is InChI=1S/C15H12ClN3O/c1-10-8-12(16)3-4-13(10)18-15(20)11-2-5-14-17-6-7-19(14)9-11/h2-9H,1H3,(H,18,20). The highest BCUT2D eigenvalue weighted by Gasteiger charge is 2.09. The molecule has 3 rings (SSSR count). The zero-order chi connectivity index (χ0) is 14.1. The first kappa shape index (κ1) is 12.7. The van der Waals surface area contributed by atoms with E-state index in [1.807, 2.05) is 23.5 Å². The van der Waals surface area contributed by atoms with Gasteiger partial charge in [-0.2, -0.15) is 0 Å². The van der Waals surface area contributed by atoms with E-state index in [0.717, 1.165) is 16.9 Å². The molecule has 1 N–H and O–H groups in total. The molecule has 3 aromatic rings. The van der Waals surface area contributed by atoms with Gasteiger partial charge in [0, 0.05) is 29.3 Å². The monoisotopic (exact) mass is 285 g/mol. The van der Waals surface area contributed by atoms with Crippen LogP contribution in [0.5, 0.6) is 0 Å². The molecular weight excluding hydrogens is 274 g/mol. The highest BCUT2D eigenvalue weighted by Crippen LogP contribution is 2.20. The van der Waals surface area contributed by atoms with Crippen molar-refractivity contribution >= 4 is 28.8 Å². The first-order chi connectivity index (χ1) is 9.63. The van der Waals surface area contributed by atoms with E-state index in [1.54, 1.807) is 36.8 Å². The van der Waals surface area contributed by atoms with Crippen molar-refractivity contribution in [3.8, 4) is 0 Å². The van der Waals surface area contributed by atoms with Crippen LogP contribution in [0.1, 0.15) is 15.9 Å². The summed E-state index contributed by atoms with van der Waals surface area (Å²) in [5, 5.41) is 3.53. The van der Waals surface area contributed by atoms with Crippen molar-refractivity contribution in [3.63, 3.8) is 0 Å². The Morgan fingerprint density at radius 2 is 2.15 bits per heavy atom. The third-order valence-corrected chi connectivity index (χ3v) is 3.32. The molecule has 2 aromatic heterocycles. The number of fused-ring (bicyclic) bond motifs is 1. The van der Waals surface area contributed by atoms with E-state index in [1.165, 1.54) is 0 Å². The van der Waals surface area contributed by atoms with E-state index >= 15 is 0 Å². The van der Waals surface area contributed by atoms with E-state index in [9.17, 15) is 4.79 Å². The third-order valence-electron chi connectivity index (χ3n) is 3.09. The van der Waals surface area contributed by atoms with Crippen LogP contribution in [0.3, 0.4) is 0 Å². The maximum absolute atomic E-state index is 12.2. The number of hydrogen-bond acceptors (Lipinski definition) is 2. The average Bonchev–Trinajstić information content (AvgIpc) is 2.89. The van der Waals surface area contributed by atoms with Crippen molar-refractivity contribution in [2.75, 3.05) is 5.32 Å². The van der Waals surface area contributed by atoms with Crippen molar-refractivity contribution in [1.82, 2.24) is 9.38 Å². The third kappa shape index (κ3) is 2.38. The van der Waals surface area contributed by atoms with Gasteiger partial charge in [-0.1, -0.05) is 11.6 Å². The normalized spacial score (nSPS) is 10.7. The number of benzene rings is 1. The zero-order valence-corrected chi connectivity index (χ0v) is 11.6. The van der Waals surface area contributed by atoms with E-state index in [4.69, 9.17) is 11.6 Å². The lowest BCUT2D eigenvalue weighted by Gasteiger charge is -2.09. The molecule has 0 spiro atoms. The maximum Gasteiger partial charge on any atom is 0.257 e. The van der Waals surface area contributed by atoms with Crippen LogP contribution in [0.2, 0.25) is 5.02 Å². The zero-order valence-electron chi connectivity index (χ0n) is 10.8. The minimum absolute atomic E-state index is 0.161. The molecule has 20 heavy (non-hydrogen) atoms. The van der Waals surface area contributed by atoms with Gasteiger partial charge in [0.15, 0.2) is 0 Å². The van der Waals surface area contributed by atoms with Crippen LogP contribution in [-0.4, -0.2) is 15.3 Å². The van der Waals surface area contributed by atoms with Gasteiger partial charge in [-0.15, -0.1) is 0 Å². The SMILES string of the molecule is Cc1cc(Cl)ccc1NC(=O)c1ccc2nccn2c1. The first-order valence-corrected chi connectivity index (χ1v) is 6.51. The number of rotatable bonds is 2. The van der Waals surface area contributed by atoms with Gasteiger partial charge in [-0.05, 0) is 42.8 Å². The van der Waals surface area contributed by atoms with Crippen LogP contribution in [0, 0.1) is 6.92 Å². The van der Waals surface area contributed by atoms with Gasteiger partial charge in [-0.3, -0.25) is 4.79 Å². The van der Waals surface area contributed by atoms with Gasteiger partial charge in [0.05, 0.1) is 5.56 Å². The van der Waals surface area contributed by atoms with Gasteiger partial charge >= 0.3 is 0 Å². The predicted molar refractivity (Wildman–Crippen MR) is 79.3 cm³/mol. The smallest absolute Gasteiger partial charge is 0.257 e. The van der Waals surface area contributed by atoms with E-state index < -0.39 is 0 Å². The molecule has 2 heterocycles. The lowest BCUT2D eigenvalue weighted by atomic mass is 10.2. The molecule has 0 fully saturated rings. The topological polar surface area (TPSA) is 46.4 Å². The molecule has 100 valence electrons. The van der Waals surface area contributed by atoms with E-state index in [2.05, 4.69) is 10.3 Å². The minimum Gasteiger partial charge on any atom is -0.322 e. The second-order valence-electron chi connectivity index (χ2n) is 4.52. The maximum atomic E-state index is 12.2. The highest BCUT2D eigenvalue weighted by molar-refractivity contribution is 6.30. The average molecular weight is 286 g/mol. The van der Waals surface area contributed by atoms with Crippen LogP contribution in [-0.2, 0) is 0 Å². The number of imidazole rings is 1. The Morgan fingerprint density at radius 1 is 1.30 bits per heavy atom. The summed E-state index contributed by atoms with van der Waals surface area (Å²) >= 11 is 5.90. The van der Waals surface area contributed by atoms with Crippen molar-refractivity contribution in [3.05, 3.63) is 65.1 Å². The molecular formula is C15H12ClN3O. The Balaban J connectivity index is 1.88. The predicted octanol–water partition coefficient (Wildman–Crippen LogP) is 3.55. The van der Waals surface area contributed by atoms with Gasteiger partial charge in [0.2, 0.25) is 0 Å². The Labute approximate surface area is 121 Å². The molecule has 4 nitrogen and oxygen atoms in total. The van der Waals surface area contributed by atoms with Crippen LogP contribution in [0.4, 0.5) is 5.69 Å². The Bertz CT molecular complexity index is 795. The molecule has 0 saturated heterocycles. The number of aryl methyl sites for hydroxylation is 1.